The van der Waals surface area contributed by atoms with Crippen molar-refractivity contribution in [2.75, 3.05) is 25.0 Å². The van der Waals surface area contributed by atoms with Crippen LogP contribution < -0.4 is 5.32 Å². The molecule has 1 aliphatic rings. The first-order valence-corrected chi connectivity index (χ1v) is 5.90. The first-order valence-electron chi connectivity index (χ1n) is 5.90. The van der Waals surface area contributed by atoms with Crippen molar-refractivity contribution in [2.45, 2.75) is 6.42 Å². The molecule has 0 unspecified atom stereocenters. The van der Waals surface area contributed by atoms with Gasteiger partial charge in [-0.15, -0.1) is 0 Å². The molecule has 1 saturated heterocycles. The van der Waals surface area contributed by atoms with E-state index in [2.05, 4.69) is 20.4 Å². The van der Waals surface area contributed by atoms with Crippen molar-refractivity contribution in [3.05, 3.63) is 12.5 Å². The highest BCUT2D eigenvalue weighted by molar-refractivity contribution is 5.88. The van der Waals surface area contributed by atoms with Crippen molar-refractivity contribution in [2.24, 2.45) is 7.05 Å². The molecular weight excluding hydrogens is 232 g/mol. The van der Waals surface area contributed by atoms with Crippen LogP contribution in [0.5, 0.6) is 0 Å². The number of fused-ring (bicyclic) bond motifs is 1. The summed E-state index contributed by atoms with van der Waals surface area (Å²) < 4.78 is 1.68. The van der Waals surface area contributed by atoms with Gasteiger partial charge in [0.05, 0.1) is 18.1 Å². The van der Waals surface area contributed by atoms with Gasteiger partial charge in [-0.2, -0.15) is 5.10 Å². The summed E-state index contributed by atoms with van der Waals surface area (Å²) in [4.78, 5) is 21.9. The van der Waals surface area contributed by atoms with Gasteiger partial charge in [-0.3, -0.25) is 9.48 Å². The third-order valence-electron chi connectivity index (χ3n) is 3.15. The molecule has 18 heavy (non-hydrogen) atoms. The SMILES string of the molecule is Cn1ncc2c(NCC(=O)N3CCC3)ncnc21. The summed E-state index contributed by atoms with van der Waals surface area (Å²) in [5, 5.41) is 8.01. The molecule has 0 saturated carbocycles. The normalized spacial score (nSPS) is 14.6. The first kappa shape index (κ1) is 10.9. The molecule has 2 aromatic heterocycles. The number of nitrogens with one attached hydrogen (secondary N) is 1. The Morgan fingerprint density at radius 2 is 2.28 bits per heavy atom. The first-order chi connectivity index (χ1) is 8.75. The molecule has 0 spiro atoms. The van der Waals surface area contributed by atoms with Crippen molar-refractivity contribution in [1.29, 1.82) is 0 Å². The minimum absolute atomic E-state index is 0.108. The Hall–Kier alpha value is -2.18. The quantitative estimate of drug-likeness (QED) is 0.825. The molecule has 1 fully saturated rings. The number of rotatable bonds is 3. The zero-order chi connectivity index (χ0) is 12.5. The number of carbonyl (C=O) groups excluding carboxylic acids is 1. The van der Waals surface area contributed by atoms with Gasteiger partial charge in [0.15, 0.2) is 5.65 Å². The molecule has 0 bridgehead atoms. The van der Waals surface area contributed by atoms with E-state index in [-0.39, 0.29) is 12.5 Å². The number of anilines is 1. The monoisotopic (exact) mass is 246 g/mol. The fraction of sp³-hybridized carbons (Fsp3) is 0.455. The number of aryl methyl sites for hydroxylation is 1. The molecule has 7 heteroatoms. The maximum absolute atomic E-state index is 11.7. The van der Waals surface area contributed by atoms with Crippen molar-refractivity contribution in [1.82, 2.24) is 24.6 Å². The number of likely N-dealkylation sites (tertiary alicyclic amines) is 1. The molecule has 7 nitrogen and oxygen atoms in total. The summed E-state index contributed by atoms with van der Waals surface area (Å²) >= 11 is 0. The van der Waals surface area contributed by atoms with E-state index in [1.165, 1.54) is 6.33 Å². The van der Waals surface area contributed by atoms with Gasteiger partial charge in [-0.05, 0) is 6.42 Å². The Labute approximate surface area is 104 Å². The third kappa shape index (κ3) is 1.77. The summed E-state index contributed by atoms with van der Waals surface area (Å²) in [5.74, 6) is 0.763. The molecule has 0 aromatic carbocycles. The molecule has 0 aliphatic carbocycles. The molecule has 0 atom stereocenters. The van der Waals surface area contributed by atoms with Gasteiger partial charge in [-0.1, -0.05) is 0 Å². The van der Waals surface area contributed by atoms with E-state index in [0.717, 1.165) is 30.5 Å². The minimum Gasteiger partial charge on any atom is -0.360 e. The number of amides is 1. The molecule has 1 N–H and O–H groups in total. The van der Waals surface area contributed by atoms with Gasteiger partial charge in [0.25, 0.3) is 0 Å². The number of nitrogens with zero attached hydrogens (tertiary/aromatic N) is 5. The van der Waals surface area contributed by atoms with Gasteiger partial charge in [0, 0.05) is 20.1 Å². The third-order valence-corrected chi connectivity index (χ3v) is 3.15. The van der Waals surface area contributed by atoms with E-state index in [1.807, 2.05) is 11.9 Å². The lowest BCUT2D eigenvalue weighted by Gasteiger charge is -2.30. The predicted molar refractivity (Wildman–Crippen MR) is 66.0 cm³/mol. The molecule has 3 heterocycles. The standard InChI is InChI=1S/C11H14N6O/c1-16-11-8(5-15-16)10(13-7-14-11)12-6-9(18)17-3-2-4-17/h5,7H,2-4,6H2,1H3,(H,12,13,14). The van der Waals surface area contributed by atoms with E-state index in [4.69, 9.17) is 0 Å². The smallest absolute Gasteiger partial charge is 0.241 e. The van der Waals surface area contributed by atoms with Crippen LogP contribution in [0.4, 0.5) is 5.82 Å². The fourth-order valence-electron chi connectivity index (χ4n) is 1.94. The van der Waals surface area contributed by atoms with Gasteiger partial charge in [0.2, 0.25) is 5.91 Å². The van der Waals surface area contributed by atoms with Crippen molar-refractivity contribution < 1.29 is 4.79 Å². The maximum atomic E-state index is 11.7. The van der Waals surface area contributed by atoms with Crippen LogP contribution in [0, 0.1) is 0 Å². The second-order valence-electron chi connectivity index (χ2n) is 4.32. The van der Waals surface area contributed by atoms with Crippen molar-refractivity contribution in [3.8, 4) is 0 Å². The van der Waals surface area contributed by atoms with Crippen LogP contribution >= 0.6 is 0 Å². The summed E-state index contributed by atoms with van der Waals surface area (Å²) in [6, 6.07) is 0. The van der Waals surface area contributed by atoms with Crippen molar-refractivity contribution in [3.63, 3.8) is 0 Å². The van der Waals surface area contributed by atoms with Crippen molar-refractivity contribution >= 4 is 22.8 Å². The lowest BCUT2D eigenvalue weighted by molar-refractivity contribution is -0.132. The van der Waals surface area contributed by atoms with Gasteiger partial charge >= 0.3 is 0 Å². The Morgan fingerprint density at radius 1 is 1.44 bits per heavy atom. The average molecular weight is 246 g/mol. The molecule has 1 aliphatic heterocycles. The van der Waals surface area contributed by atoms with Crippen LogP contribution in [-0.2, 0) is 11.8 Å². The predicted octanol–water partition coefficient (Wildman–Crippen LogP) is 0.00750. The molecule has 1 amide bonds. The lowest BCUT2D eigenvalue weighted by Crippen LogP contribution is -2.44. The van der Waals surface area contributed by atoms with Crippen LogP contribution in [0.15, 0.2) is 12.5 Å². The highest BCUT2D eigenvalue weighted by atomic mass is 16.2. The van der Waals surface area contributed by atoms with Crippen LogP contribution in [0.1, 0.15) is 6.42 Å². The summed E-state index contributed by atoms with van der Waals surface area (Å²) in [5.41, 5.74) is 0.754. The van der Waals surface area contributed by atoms with Gasteiger partial charge < -0.3 is 10.2 Å². The second-order valence-corrected chi connectivity index (χ2v) is 4.32. The largest absolute Gasteiger partial charge is 0.360 e. The van der Waals surface area contributed by atoms with E-state index in [9.17, 15) is 4.79 Å². The minimum atomic E-state index is 0.108. The Kier molecular flexibility index (Phi) is 2.58. The Balaban J connectivity index is 1.76. The highest BCUT2D eigenvalue weighted by Gasteiger charge is 2.20. The van der Waals surface area contributed by atoms with E-state index in [0.29, 0.717) is 5.82 Å². The summed E-state index contributed by atoms with van der Waals surface area (Å²) in [6.45, 7) is 2.00. The van der Waals surface area contributed by atoms with E-state index < -0.39 is 0 Å². The molecule has 2 aromatic rings. The molecular formula is C11H14N6O. The summed E-state index contributed by atoms with van der Waals surface area (Å²) in [6.07, 6.45) is 4.28. The fourth-order valence-corrected chi connectivity index (χ4v) is 1.94. The lowest BCUT2D eigenvalue weighted by atomic mass is 10.2. The average Bonchev–Trinajstić information content (AvgIpc) is 2.67. The van der Waals surface area contributed by atoms with E-state index >= 15 is 0 Å². The number of hydrogen-bond donors (Lipinski definition) is 1. The zero-order valence-electron chi connectivity index (χ0n) is 10.1. The van der Waals surface area contributed by atoms with Crippen LogP contribution in [0.25, 0.3) is 11.0 Å². The van der Waals surface area contributed by atoms with Crippen LogP contribution in [0.3, 0.4) is 0 Å². The Morgan fingerprint density at radius 3 is 3.00 bits per heavy atom. The van der Waals surface area contributed by atoms with Gasteiger partial charge in [0.1, 0.15) is 12.1 Å². The molecule has 3 rings (SSSR count). The van der Waals surface area contributed by atoms with Gasteiger partial charge in [-0.25, -0.2) is 9.97 Å². The zero-order valence-corrected chi connectivity index (χ0v) is 10.1. The number of carbonyl (C=O) groups is 1. The highest BCUT2D eigenvalue weighted by Crippen LogP contribution is 2.17. The van der Waals surface area contributed by atoms with E-state index in [1.54, 1.807) is 10.9 Å². The second kappa shape index (κ2) is 4.25. The Bertz CT molecular complexity index is 588. The topological polar surface area (TPSA) is 75.9 Å². The van der Waals surface area contributed by atoms with Crippen LogP contribution in [-0.4, -0.2) is 50.2 Å². The number of hydrogen-bond acceptors (Lipinski definition) is 5. The number of aromatic nitrogens is 4. The molecule has 0 radical (unpaired) electrons. The van der Waals surface area contributed by atoms with Crippen LogP contribution in [0.2, 0.25) is 0 Å². The molecule has 94 valence electrons. The summed E-state index contributed by atoms with van der Waals surface area (Å²) in [7, 11) is 1.82. The maximum Gasteiger partial charge on any atom is 0.241 e.